The van der Waals surface area contributed by atoms with E-state index in [2.05, 4.69) is 45.9 Å². The smallest absolute Gasteiger partial charge is 0.338 e. The summed E-state index contributed by atoms with van der Waals surface area (Å²) in [6, 6.07) is 13.7. The summed E-state index contributed by atoms with van der Waals surface area (Å²) in [5.41, 5.74) is 2.52. The number of rotatable bonds is 6. The number of carbonyl (C=O) groups excluding carboxylic acids is 2. The largest absolute Gasteiger partial charge is 0.466 e. The fourth-order valence-electron chi connectivity index (χ4n) is 4.28. The molecule has 6 nitrogen and oxygen atoms in total. The molecule has 0 unspecified atom stereocenters. The third-order valence-electron chi connectivity index (χ3n) is 5.84. The summed E-state index contributed by atoms with van der Waals surface area (Å²) < 4.78 is 5.05. The highest BCUT2D eigenvalue weighted by Gasteiger charge is 2.35. The van der Waals surface area contributed by atoms with Crippen molar-refractivity contribution in [2.45, 2.75) is 25.3 Å². The standard InChI is InChI=1S/C23H27N3O3S/c1-29-22(27)20-18(24-23(28)25-21(20)19-8-5-13-30-19)15-26-11-9-17(10-12-26)14-16-6-3-2-4-7-16/h2-8,13,17,21H,9-12,14-15H2,1H3,(H2,24,25,28)/t21-/m1/s1. The lowest BCUT2D eigenvalue weighted by molar-refractivity contribution is -0.136. The summed E-state index contributed by atoms with van der Waals surface area (Å²) >= 11 is 1.51. The van der Waals surface area contributed by atoms with Gasteiger partial charge in [0.2, 0.25) is 0 Å². The van der Waals surface area contributed by atoms with Gasteiger partial charge in [-0.3, -0.25) is 4.90 Å². The van der Waals surface area contributed by atoms with Crippen LogP contribution in [0, 0.1) is 5.92 Å². The molecule has 0 bridgehead atoms. The average Bonchev–Trinajstić information content (AvgIpc) is 3.30. The van der Waals surface area contributed by atoms with Crippen molar-refractivity contribution in [1.82, 2.24) is 15.5 Å². The zero-order chi connectivity index (χ0) is 20.9. The lowest BCUT2D eigenvalue weighted by Gasteiger charge is -2.35. The molecule has 1 aromatic heterocycles. The maximum atomic E-state index is 12.6. The molecule has 0 radical (unpaired) electrons. The number of nitrogens with one attached hydrogen (secondary N) is 2. The number of likely N-dealkylation sites (tertiary alicyclic amines) is 1. The Morgan fingerprint density at radius 2 is 1.93 bits per heavy atom. The maximum absolute atomic E-state index is 12.6. The summed E-state index contributed by atoms with van der Waals surface area (Å²) in [4.78, 5) is 28.1. The van der Waals surface area contributed by atoms with Gasteiger partial charge in [0, 0.05) is 17.1 Å². The van der Waals surface area contributed by atoms with E-state index >= 15 is 0 Å². The summed E-state index contributed by atoms with van der Waals surface area (Å²) in [5, 5.41) is 7.67. The quantitative estimate of drug-likeness (QED) is 0.695. The van der Waals surface area contributed by atoms with Crippen LogP contribution < -0.4 is 10.6 Å². The third-order valence-corrected chi connectivity index (χ3v) is 6.78. The van der Waals surface area contributed by atoms with Crippen molar-refractivity contribution >= 4 is 23.3 Å². The topological polar surface area (TPSA) is 70.7 Å². The van der Waals surface area contributed by atoms with E-state index in [1.165, 1.54) is 24.0 Å². The van der Waals surface area contributed by atoms with E-state index in [4.69, 9.17) is 4.74 Å². The molecule has 2 aromatic rings. The highest BCUT2D eigenvalue weighted by molar-refractivity contribution is 7.10. The lowest BCUT2D eigenvalue weighted by atomic mass is 9.90. The van der Waals surface area contributed by atoms with Crippen molar-refractivity contribution in [3.05, 3.63) is 69.6 Å². The van der Waals surface area contributed by atoms with Crippen LogP contribution in [0.15, 0.2) is 59.1 Å². The number of thiophene rings is 1. The molecule has 0 spiro atoms. The molecule has 4 rings (SSSR count). The molecular formula is C23H27N3O3S. The molecule has 2 N–H and O–H groups in total. The Hall–Kier alpha value is -2.64. The minimum atomic E-state index is -0.475. The summed E-state index contributed by atoms with van der Waals surface area (Å²) in [7, 11) is 1.38. The van der Waals surface area contributed by atoms with Gasteiger partial charge in [0.1, 0.15) is 0 Å². The van der Waals surface area contributed by atoms with Crippen molar-refractivity contribution < 1.29 is 14.3 Å². The zero-order valence-electron chi connectivity index (χ0n) is 17.1. The number of nitrogens with zero attached hydrogens (tertiary/aromatic N) is 1. The van der Waals surface area contributed by atoms with Gasteiger partial charge in [0.15, 0.2) is 0 Å². The Kier molecular flexibility index (Phi) is 6.50. The van der Waals surface area contributed by atoms with E-state index in [-0.39, 0.29) is 6.03 Å². The predicted molar refractivity (Wildman–Crippen MR) is 117 cm³/mol. The van der Waals surface area contributed by atoms with Crippen LogP contribution in [0.4, 0.5) is 4.79 Å². The number of carbonyl (C=O) groups is 2. The summed E-state index contributed by atoms with van der Waals surface area (Å²) in [6.07, 6.45) is 3.32. The van der Waals surface area contributed by atoms with Crippen molar-refractivity contribution in [2.24, 2.45) is 5.92 Å². The number of urea groups is 1. The lowest BCUT2D eigenvalue weighted by Crippen LogP contribution is -2.49. The Balaban J connectivity index is 1.46. The van der Waals surface area contributed by atoms with Crippen LogP contribution in [-0.4, -0.2) is 43.6 Å². The van der Waals surface area contributed by atoms with Crippen LogP contribution in [0.3, 0.4) is 0 Å². The molecular weight excluding hydrogens is 398 g/mol. The van der Waals surface area contributed by atoms with Gasteiger partial charge in [-0.05, 0) is 55.3 Å². The first-order chi connectivity index (χ1) is 14.6. The van der Waals surface area contributed by atoms with Gasteiger partial charge in [0.25, 0.3) is 0 Å². The van der Waals surface area contributed by atoms with Gasteiger partial charge < -0.3 is 15.4 Å². The molecule has 2 aliphatic heterocycles. The van der Waals surface area contributed by atoms with Gasteiger partial charge in [-0.25, -0.2) is 9.59 Å². The van der Waals surface area contributed by atoms with E-state index in [1.54, 1.807) is 0 Å². The average molecular weight is 426 g/mol. The monoisotopic (exact) mass is 425 g/mol. The third kappa shape index (κ3) is 4.74. The van der Waals surface area contributed by atoms with Gasteiger partial charge in [-0.2, -0.15) is 0 Å². The highest BCUT2D eigenvalue weighted by atomic mass is 32.1. The SMILES string of the molecule is COC(=O)C1=C(CN2CCC(Cc3ccccc3)CC2)NC(=O)N[C@@H]1c1cccs1. The number of benzene rings is 1. The molecule has 1 atom stereocenters. The first-order valence-corrected chi connectivity index (χ1v) is 11.2. The Morgan fingerprint density at radius 1 is 1.17 bits per heavy atom. The first-order valence-electron chi connectivity index (χ1n) is 10.3. The number of hydrogen-bond acceptors (Lipinski definition) is 5. The second-order valence-corrected chi connectivity index (χ2v) is 8.82. The summed E-state index contributed by atoms with van der Waals surface area (Å²) in [6.45, 7) is 2.43. The van der Waals surface area contributed by atoms with E-state index < -0.39 is 12.0 Å². The molecule has 158 valence electrons. The van der Waals surface area contributed by atoms with E-state index in [1.807, 2.05) is 17.5 Å². The molecule has 1 aromatic carbocycles. The van der Waals surface area contributed by atoms with Gasteiger partial charge in [-0.15, -0.1) is 11.3 Å². The van der Waals surface area contributed by atoms with Crippen LogP contribution in [0.2, 0.25) is 0 Å². The van der Waals surface area contributed by atoms with Crippen LogP contribution in [-0.2, 0) is 16.0 Å². The molecule has 30 heavy (non-hydrogen) atoms. The van der Waals surface area contributed by atoms with E-state index in [0.717, 1.165) is 37.2 Å². The second kappa shape index (κ2) is 9.45. The van der Waals surface area contributed by atoms with Gasteiger partial charge in [-0.1, -0.05) is 36.4 Å². The predicted octanol–water partition coefficient (Wildman–Crippen LogP) is 3.48. The van der Waals surface area contributed by atoms with Crippen molar-refractivity contribution in [2.75, 3.05) is 26.7 Å². The fourth-order valence-corrected chi connectivity index (χ4v) is 5.07. The van der Waals surface area contributed by atoms with Crippen molar-refractivity contribution in [3.8, 4) is 0 Å². The maximum Gasteiger partial charge on any atom is 0.338 e. The minimum Gasteiger partial charge on any atom is -0.466 e. The van der Waals surface area contributed by atoms with Crippen LogP contribution >= 0.6 is 11.3 Å². The van der Waals surface area contributed by atoms with Crippen LogP contribution in [0.5, 0.6) is 0 Å². The molecule has 0 aliphatic carbocycles. The zero-order valence-corrected chi connectivity index (χ0v) is 17.9. The molecule has 2 amide bonds. The molecule has 0 saturated carbocycles. The Labute approximate surface area is 180 Å². The molecule has 7 heteroatoms. The number of piperidine rings is 1. The Bertz CT molecular complexity index is 903. The van der Waals surface area contributed by atoms with E-state index in [0.29, 0.717) is 23.7 Å². The van der Waals surface area contributed by atoms with Crippen molar-refractivity contribution in [3.63, 3.8) is 0 Å². The number of amides is 2. The minimum absolute atomic E-state index is 0.282. The number of hydrogen-bond donors (Lipinski definition) is 2. The van der Waals surface area contributed by atoms with Crippen LogP contribution in [0.25, 0.3) is 0 Å². The van der Waals surface area contributed by atoms with Crippen LogP contribution in [0.1, 0.15) is 29.3 Å². The fraction of sp³-hybridized carbons (Fsp3) is 0.391. The number of esters is 1. The number of ether oxygens (including phenoxy) is 1. The number of methoxy groups -OCH3 is 1. The van der Waals surface area contributed by atoms with Gasteiger partial charge >= 0.3 is 12.0 Å². The summed E-state index contributed by atoms with van der Waals surface area (Å²) in [5.74, 6) is 0.258. The molecule has 1 saturated heterocycles. The molecule has 2 aliphatic rings. The van der Waals surface area contributed by atoms with Crippen molar-refractivity contribution in [1.29, 1.82) is 0 Å². The Morgan fingerprint density at radius 3 is 2.60 bits per heavy atom. The normalized spacial score (nSPS) is 20.6. The van der Waals surface area contributed by atoms with E-state index in [9.17, 15) is 9.59 Å². The second-order valence-electron chi connectivity index (χ2n) is 7.84. The molecule has 1 fully saturated rings. The first kappa shape index (κ1) is 20.6. The highest BCUT2D eigenvalue weighted by Crippen LogP contribution is 2.31. The molecule has 3 heterocycles. The van der Waals surface area contributed by atoms with Gasteiger partial charge in [0.05, 0.1) is 18.7 Å².